The molecule has 0 amide bonds. The quantitative estimate of drug-likeness (QED) is 0.789. The van der Waals surface area contributed by atoms with Gasteiger partial charge in [0.15, 0.2) is 6.04 Å². The van der Waals surface area contributed by atoms with Crippen molar-refractivity contribution in [3.05, 3.63) is 60.2 Å². The second-order valence-electron chi connectivity index (χ2n) is 4.07. The highest BCUT2D eigenvalue weighted by Crippen LogP contribution is 2.23. The maximum atomic E-state index is 11.4. The van der Waals surface area contributed by atoms with Gasteiger partial charge in [-0.2, -0.15) is 0 Å². The molecule has 0 heterocycles. The first-order valence-corrected chi connectivity index (χ1v) is 5.95. The molecule has 0 aliphatic carbocycles. The summed E-state index contributed by atoms with van der Waals surface area (Å²) in [7, 11) is 0. The van der Waals surface area contributed by atoms with Crippen molar-refractivity contribution in [1.29, 1.82) is 0 Å². The number of hydrogen-bond donors (Lipinski definition) is 2. The first kappa shape index (κ1) is 13.6. The van der Waals surface area contributed by atoms with Crippen molar-refractivity contribution in [2.75, 3.05) is 5.32 Å². The molecular formula is C15H13NO4. The minimum atomic E-state index is -0.988. The van der Waals surface area contributed by atoms with E-state index in [4.69, 9.17) is 4.74 Å². The molecular weight excluding hydrogens is 258 g/mol. The fourth-order valence-electron chi connectivity index (χ4n) is 1.81. The van der Waals surface area contributed by atoms with Crippen LogP contribution in [0.1, 0.15) is 11.6 Å². The summed E-state index contributed by atoms with van der Waals surface area (Å²) < 4.78 is 4.73. The molecule has 2 aromatic rings. The lowest BCUT2D eigenvalue weighted by atomic mass is 10.1. The van der Waals surface area contributed by atoms with E-state index in [1.807, 2.05) is 6.07 Å². The summed E-state index contributed by atoms with van der Waals surface area (Å²) in [6, 6.07) is 14.5. The summed E-state index contributed by atoms with van der Waals surface area (Å²) in [5.74, 6) is -0.639. The molecule has 102 valence electrons. The zero-order chi connectivity index (χ0) is 14.4. The highest BCUT2D eigenvalue weighted by molar-refractivity contribution is 5.79. The van der Waals surface area contributed by atoms with E-state index < -0.39 is 12.0 Å². The molecule has 0 spiro atoms. The van der Waals surface area contributed by atoms with Crippen molar-refractivity contribution in [3.8, 4) is 5.75 Å². The van der Waals surface area contributed by atoms with Crippen molar-refractivity contribution in [3.63, 3.8) is 0 Å². The fraction of sp³-hybridized carbons (Fsp3) is 0.0667. The zero-order valence-corrected chi connectivity index (χ0v) is 10.5. The van der Waals surface area contributed by atoms with E-state index in [-0.39, 0.29) is 0 Å². The number of ether oxygens (including phenoxy) is 1. The summed E-state index contributed by atoms with van der Waals surface area (Å²) in [4.78, 5) is 21.7. The minimum Gasteiger partial charge on any atom is -0.479 e. The summed E-state index contributed by atoms with van der Waals surface area (Å²) in [6.45, 7) is 0.324. The van der Waals surface area contributed by atoms with Crippen LogP contribution in [0.4, 0.5) is 5.69 Å². The molecule has 1 atom stereocenters. The third kappa shape index (κ3) is 3.35. The highest BCUT2D eigenvalue weighted by atomic mass is 16.5. The molecule has 0 saturated carbocycles. The summed E-state index contributed by atoms with van der Waals surface area (Å²) in [5.41, 5.74) is 1.20. The van der Waals surface area contributed by atoms with Gasteiger partial charge in [-0.1, -0.05) is 36.4 Å². The molecule has 2 aromatic carbocycles. The van der Waals surface area contributed by atoms with Crippen LogP contribution in [0.15, 0.2) is 54.6 Å². The van der Waals surface area contributed by atoms with Gasteiger partial charge in [-0.25, -0.2) is 4.79 Å². The number of aliphatic carboxylic acids is 1. The van der Waals surface area contributed by atoms with Crippen LogP contribution in [-0.4, -0.2) is 17.5 Å². The topological polar surface area (TPSA) is 75.6 Å². The van der Waals surface area contributed by atoms with E-state index in [0.29, 0.717) is 23.5 Å². The highest BCUT2D eigenvalue weighted by Gasteiger charge is 2.19. The van der Waals surface area contributed by atoms with Gasteiger partial charge in [-0.3, -0.25) is 4.79 Å². The van der Waals surface area contributed by atoms with Gasteiger partial charge in [-0.05, 0) is 17.7 Å². The number of nitrogens with one attached hydrogen (secondary N) is 1. The Morgan fingerprint density at radius 2 is 1.90 bits per heavy atom. The Morgan fingerprint density at radius 1 is 1.15 bits per heavy atom. The molecule has 0 bridgehead atoms. The van der Waals surface area contributed by atoms with E-state index in [1.165, 1.54) is 0 Å². The van der Waals surface area contributed by atoms with Crippen LogP contribution in [0.2, 0.25) is 0 Å². The van der Waals surface area contributed by atoms with Gasteiger partial charge < -0.3 is 15.2 Å². The standard InChI is InChI=1S/C15H13NO4/c17-10-20-13-8-4-7-12(9-13)16-14(15(18)19)11-5-2-1-3-6-11/h1-10,14,16H,(H,18,19). The Morgan fingerprint density at radius 3 is 2.55 bits per heavy atom. The van der Waals surface area contributed by atoms with Crippen LogP contribution < -0.4 is 10.1 Å². The lowest BCUT2D eigenvalue weighted by Gasteiger charge is -2.16. The van der Waals surface area contributed by atoms with Crippen LogP contribution in [0.25, 0.3) is 0 Å². The van der Waals surface area contributed by atoms with Crippen LogP contribution >= 0.6 is 0 Å². The molecule has 5 nitrogen and oxygen atoms in total. The predicted octanol–water partition coefficient (Wildman–Crippen LogP) is 2.46. The van der Waals surface area contributed by atoms with Crippen molar-refractivity contribution in [2.45, 2.75) is 6.04 Å². The Balaban J connectivity index is 2.23. The van der Waals surface area contributed by atoms with E-state index in [0.717, 1.165) is 0 Å². The maximum Gasteiger partial charge on any atom is 0.330 e. The van der Waals surface area contributed by atoms with Crippen LogP contribution in [-0.2, 0) is 9.59 Å². The Labute approximate surface area is 115 Å². The number of benzene rings is 2. The van der Waals surface area contributed by atoms with Crippen molar-refractivity contribution in [1.82, 2.24) is 0 Å². The molecule has 0 aromatic heterocycles. The van der Waals surface area contributed by atoms with E-state index >= 15 is 0 Å². The Hall–Kier alpha value is -2.82. The van der Waals surface area contributed by atoms with E-state index in [9.17, 15) is 14.7 Å². The zero-order valence-electron chi connectivity index (χ0n) is 10.5. The van der Waals surface area contributed by atoms with E-state index in [2.05, 4.69) is 5.32 Å². The van der Waals surface area contributed by atoms with E-state index in [1.54, 1.807) is 48.5 Å². The number of anilines is 1. The smallest absolute Gasteiger partial charge is 0.330 e. The van der Waals surface area contributed by atoms with Gasteiger partial charge in [0.1, 0.15) is 5.75 Å². The average molecular weight is 271 g/mol. The number of carboxylic acid groups (broad SMARTS) is 1. The second kappa shape index (κ2) is 6.38. The third-order valence-corrected chi connectivity index (χ3v) is 2.71. The largest absolute Gasteiger partial charge is 0.479 e. The van der Waals surface area contributed by atoms with Crippen molar-refractivity contribution < 1.29 is 19.4 Å². The second-order valence-corrected chi connectivity index (χ2v) is 4.07. The summed E-state index contributed by atoms with van der Waals surface area (Å²) in [5, 5.41) is 12.2. The molecule has 0 radical (unpaired) electrons. The molecule has 20 heavy (non-hydrogen) atoms. The minimum absolute atomic E-state index is 0.324. The van der Waals surface area contributed by atoms with Crippen LogP contribution in [0.3, 0.4) is 0 Å². The van der Waals surface area contributed by atoms with Gasteiger partial charge in [0.05, 0.1) is 0 Å². The Kier molecular flexibility index (Phi) is 4.34. The SMILES string of the molecule is O=COc1cccc(NC(C(=O)O)c2ccccc2)c1. The number of hydrogen-bond acceptors (Lipinski definition) is 4. The average Bonchev–Trinajstić information content (AvgIpc) is 2.46. The van der Waals surface area contributed by atoms with Crippen LogP contribution in [0.5, 0.6) is 5.75 Å². The molecule has 5 heteroatoms. The number of carboxylic acids is 1. The Bertz CT molecular complexity index is 598. The number of carbonyl (C=O) groups is 2. The normalized spacial score (nSPS) is 11.4. The third-order valence-electron chi connectivity index (χ3n) is 2.71. The fourth-order valence-corrected chi connectivity index (χ4v) is 1.81. The predicted molar refractivity (Wildman–Crippen MR) is 73.6 cm³/mol. The van der Waals surface area contributed by atoms with Gasteiger partial charge in [0, 0.05) is 11.8 Å². The monoisotopic (exact) mass is 271 g/mol. The molecule has 0 fully saturated rings. The van der Waals surface area contributed by atoms with Crippen LogP contribution in [0, 0.1) is 0 Å². The van der Waals surface area contributed by atoms with Gasteiger partial charge in [0.25, 0.3) is 6.47 Å². The number of carbonyl (C=O) groups excluding carboxylic acids is 1. The van der Waals surface area contributed by atoms with Crippen molar-refractivity contribution >= 4 is 18.1 Å². The van der Waals surface area contributed by atoms with Gasteiger partial charge in [-0.15, -0.1) is 0 Å². The summed E-state index contributed by atoms with van der Waals surface area (Å²) in [6.07, 6.45) is 0. The molecule has 1 unspecified atom stereocenters. The first-order valence-electron chi connectivity index (χ1n) is 5.95. The van der Waals surface area contributed by atoms with Gasteiger partial charge >= 0.3 is 5.97 Å². The molecule has 0 aliphatic rings. The maximum absolute atomic E-state index is 11.4. The van der Waals surface area contributed by atoms with Gasteiger partial charge in [0.2, 0.25) is 0 Å². The number of rotatable bonds is 6. The molecule has 2 rings (SSSR count). The lowest BCUT2D eigenvalue weighted by Crippen LogP contribution is -2.20. The first-order chi connectivity index (χ1) is 9.70. The molecule has 0 aliphatic heterocycles. The molecule has 0 saturated heterocycles. The summed E-state index contributed by atoms with van der Waals surface area (Å²) >= 11 is 0. The lowest BCUT2D eigenvalue weighted by molar-refractivity contribution is -0.138. The molecule has 2 N–H and O–H groups in total. The van der Waals surface area contributed by atoms with Crippen molar-refractivity contribution in [2.24, 2.45) is 0 Å².